The number of pyridine rings is 1. The number of carboxylic acids is 1. The smallest absolute Gasteiger partial charge is 0.306 e. The molecule has 1 aliphatic rings. The highest BCUT2D eigenvalue weighted by Gasteiger charge is 2.37. The zero-order valence-electron chi connectivity index (χ0n) is 32.3. The SMILES string of the molecule is CC[C@H](C)[C@H](CC(=O)[C@H]1CCCCN1C)C(=O)N(C)[C@H](C[C@@H](OC(C)=O)c1cccc(C(=O)N[C@@H](Cc2ccccc2)C[C@H](C)C(=O)O)n1)C(C)C. The number of ketones is 1. The molecule has 286 valence electrons. The van der Waals surface area contributed by atoms with Crippen LogP contribution in [0.1, 0.15) is 114 Å². The molecule has 1 aliphatic heterocycles. The Kier molecular flexibility index (Phi) is 16.4. The molecule has 11 nitrogen and oxygen atoms in total. The molecule has 0 radical (unpaired) electrons. The van der Waals surface area contributed by atoms with Crippen molar-refractivity contribution in [3.63, 3.8) is 0 Å². The highest BCUT2D eigenvalue weighted by molar-refractivity contribution is 5.92. The standard InChI is InChI=1S/C41H60N4O7/c1-9-27(4)32(24-37(47)35-20-13-14-21-44(35)7)40(49)45(8)36(26(2)3)25-38(52-29(6)46)33-18-15-19-34(43-33)39(48)42-31(22-28(5)41(50)51)23-30-16-11-10-12-17-30/h10-12,15-19,26-28,31-32,35-36,38H,9,13-14,20-25H2,1-8H3,(H,42,48)(H,50,51)/t27-,28-,31+,32-,35+,36+,38+/m0/s1. The van der Waals surface area contributed by atoms with Crippen molar-refractivity contribution in [1.82, 2.24) is 20.1 Å². The number of nitrogens with one attached hydrogen (secondary N) is 1. The van der Waals surface area contributed by atoms with E-state index in [1.807, 2.05) is 65.1 Å². The number of rotatable bonds is 19. The molecule has 0 spiro atoms. The summed E-state index contributed by atoms with van der Waals surface area (Å²) in [5.41, 5.74) is 1.42. The third-order valence-electron chi connectivity index (χ3n) is 10.6. The lowest BCUT2D eigenvalue weighted by molar-refractivity contribution is -0.150. The third-order valence-corrected chi connectivity index (χ3v) is 10.6. The minimum atomic E-state index is -0.946. The summed E-state index contributed by atoms with van der Waals surface area (Å²) in [5.74, 6) is -3.15. The Morgan fingerprint density at radius 3 is 2.29 bits per heavy atom. The molecule has 2 heterocycles. The summed E-state index contributed by atoms with van der Waals surface area (Å²) in [4.78, 5) is 74.0. The average Bonchev–Trinajstić information content (AvgIpc) is 3.11. The van der Waals surface area contributed by atoms with Crippen LogP contribution in [-0.2, 0) is 30.3 Å². The van der Waals surface area contributed by atoms with E-state index in [1.165, 1.54) is 6.92 Å². The van der Waals surface area contributed by atoms with Crippen molar-refractivity contribution in [2.24, 2.45) is 23.7 Å². The van der Waals surface area contributed by atoms with Gasteiger partial charge < -0.3 is 20.1 Å². The number of piperidine rings is 1. The van der Waals surface area contributed by atoms with Crippen LogP contribution in [0.25, 0.3) is 0 Å². The van der Waals surface area contributed by atoms with E-state index in [-0.39, 0.29) is 60.6 Å². The van der Waals surface area contributed by atoms with E-state index in [2.05, 4.69) is 15.2 Å². The van der Waals surface area contributed by atoms with Gasteiger partial charge in [0.1, 0.15) is 11.8 Å². The van der Waals surface area contributed by atoms with Crippen LogP contribution in [-0.4, -0.2) is 88.2 Å². The van der Waals surface area contributed by atoms with Gasteiger partial charge in [-0.1, -0.05) is 83.9 Å². The van der Waals surface area contributed by atoms with Gasteiger partial charge in [-0.3, -0.25) is 28.9 Å². The number of likely N-dealkylation sites (N-methyl/N-ethyl adjacent to an activating group) is 1. The first-order chi connectivity index (χ1) is 24.6. The quantitative estimate of drug-likeness (QED) is 0.164. The van der Waals surface area contributed by atoms with Gasteiger partial charge in [0.25, 0.3) is 5.91 Å². The van der Waals surface area contributed by atoms with Crippen molar-refractivity contribution in [2.75, 3.05) is 20.6 Å². The zero-order valence-corrected chi connectivity index (χ0v) is 32.3. The summed E-state index contributed by atoms with van der Waals surface area (Å²) >= 11 is 0. The summed E-state index contributed by atoms with van der Waals surface area (Å²) in [6, 6.07) is 13.5. The molecule has 11 heteroatoms. The number of esters is 1. The Balaban J connectivity index is 1.85. The molecule has 1 aromatic carbocycles. The summed E-state index contributed by atoms with van der Waals surface area (Å²) in [5, 5.41) is 12.5. The minimum absolute atomic E-state index is 0.00839. The molecule has 2 aromatic rings. The molecule has 1 aromatic heterocycles. The van der Waals surface area contributed by atoms with E-state index >= 15 is 0 Å². The van der Waals surface area contributed by atoms with Crippen molar-refractivity contribution in [1.29, 1.82) is 0 Å². The zero-order chi connectivity index (χ0) is 38.5. The average molecular weight is 721 g/mol. The number of ether oxygens (including phenoxy) is 1. The van der Waals surface area contributed by atoms with Crippen LogP contribution in [0.2, 0.25) is 0 Å². The van der Waals surface area contributed by atoms with Crippen LogP contribution in [0.5, 0.6) is 0 Å². The number of benzene rings is 1. The van der Waals surface area contributed by atoms with Gasteiger partial charge in [0.05, 0.1) is 17.7 Å². The molecule has 2 N–H and O–H groups in total. The van der Waals surface area contributed by atoms with E-state index in [9.17, 15) is 29.1 Å². The number of aromatic nitrogens is 1. The number of aliphatic carboxylic acids is 1. The molecule has 0 saturated carbocycles. The number of carboxylic acid groups (broad SMARTS) is 1. The fourth-order valence-corrected chi connectivity index (χ4v) is 7.24. The Morgan fingerprint density at radius 1 is 1.00 bits per heavy atom. The first-order valence-electron chi connectivity index (χ1n) is 18.8. The number of hydrogen-bond acceptors (Lipinski definition) is 8. The van der Waals surface area contributed by atoms with Crippen LogP contribution in [0, 0.1) is 23.7 Å². The molecule has 1 fully saturated rings. The molecular formula is C41H60N4O7. The second-order valence-corrected chi connectivity index (χ2v) is 15.0. The molecular weight excluding hydrogens is 660 g/mol. The largest absolute Gasteiger partial charge is 0.481 e. The van der Waals surface area contributed by atoms with E-state index in [4.69, 9.17) is 4.74 Å². The van der Waals surface area contributed by atoms with Crippen LogP contribution in [0.15, 0.2) is 48.5 Å². The van der Waals surface area contributed by atoms with Crippen LogP contribution in [0.4, 0.5) is 0 Å². The fourth-order valence-electron chi connectivity index (χ4n) is 7.24. The van der Waals surface area contributed by atoms with Gasteiger partial charge in [0.2, 0.25) is 5.91 Å². The summed E-state index contributed by atoms with van der Waals surface area (Å²) in [6.45, 7) is 11.9. The van der Waals surface area contributed by atoms with Crippen molar-refractivity contribution in [2.45, 2.75) is 117 Å². The highest BCUT2D eigenvalue weighted by Crippen LogP contribution is 2.31. The van der Waals surface area contributed by atoms with Gasteiger partial charge in [0, 0.05) is 44.8 Å². The van der Waals surface area contributed by atoms with Crippen molar-refractivity contribution in [3.05, 3.63) is 65.5 Å². The number of Topliss-reactive ketones (excluding diaryl/α,β-unsaturated/α-hetero) is 1. The van der Waals surface area contributed by atoms with Gasteiger partial charge >= 0.3 is 11.9 Å². The molecule has 0 bridgehead atoms. The monoisotopic (exact) mass is 720 g/mol. The summed E-state index contributed by atoms with van der Waals surface area (Å²) in [7, 11) is 3.74. The molecule has 7 atom stereocenters. The Hall–Kier alpha value is -4.12. The van der Waals surface area contributed by atoms with E-state index in [0.717, 1.165) is 37.8 Å². The predicted octanol–water partition coefficient (Wildman–Crippen LogP) is 6.12. The second-order valence-electron chi connectivity index (χ2n) is 15.0. The third kappa shape index (κ3) is 12.2. The lowest BCUT2D eigenvalue weighted by Crippen LogP contribution is -2.48. The van der Waals surface area contributed by atoms with Crippen molar-refractivity contribution < 1.29 is 33.8 Å². The molecule has 2 amide bonds. The lowest BCUT2D eigenvalue weighted by atomic mass is 9.82. The number of nitrogens with zero attached hydrogens (tertiary/aromatic N) is 3. The topological polar surface area (TPSA) is 146 Å². The first-order valence-corrected chi connectivity index (χ1v) is 18.8. The fraction of sp³-hybridized carbons (Fsp3) is 0.610. The minimum Gasteiger partial charge on any atom is -0.481 e. The number of hydrogen-bond donors (Lipinski definition) is 2. The number of carbonyl (C=O) groups is 5. The van der Waals surface area contributed by atoms with E-state index in [0.29, 0.717) is 12.1 Å². The summed E-state index contributed by atoms with van der Waals surface area (Å²) < 4.78 is 5.81. The van der Waals surface area contributed by atoms with Crippen LogP contribution < -0.4 is 5.32 Å². The number of amides is 2. The van der Waals surface area contributed by atoms with Gasteiger partial charge in [-0.15, -0.1) is 0 Å². The van der Waals surface area contributed by atoms with Crippen molar-refractivity contribution in [3.8, 4) is 0 Å². The van der Waals surface area contributed by atoms with Crippen LogP contribution in [0.3, 0.4) is 0 Å². The van der Waals surface area contributed by atoms with Gasteiger partial charge in [-0.05, 0) is 68.8 Å². The molecule has 52 heavy (non-hydrogen) atoms. The summed E-state index contributed by atoms with van der Waals surface area (Å²) in [6.07, 6.45) is 3.85. The maximum atomic E-state index is 14.3. The molecule has 3 rings (SSSR count). The predicted molar refractivity (Wildman–Crippen MR) is 200 cm³/mol. The van der Waals surface area contributed by atoms with Crippen LogP contribution >= 0.6 is 0 Å². The first kappa shape index (κ1) is 42.3. The highest BCUT2D eigenvalue weighted by atomic mass is 16.5. The maximum Gasteiger partial charge on any atom is 0.306 e. The molecule has 0 aliphatic carbocycles. The Labute approximate surface area is 309 Å². The molecule has 1 saturated heterocycles. The van der Waals surface area contributed by atoms with Gasteiger partial charge in [-0.2, -0.15) is 0 Å². The second kappa shape index (κ2) is 20.2. The lowest BCUT2D eigenvalue weighted by Gasteiger charge is -2.38. The van der Waals surface area contributed by atoms with Gasteiger partial charge in [0.15, 0.2) is 5.78 Å². The maximum absolute atomic E-state index is 14.3. The molecule has 0 unspecified atom stereocenters. The van der Waals surface area contributed by atoms with Crippen molar-refractivity contribution >= 4 is 29.5 Å². The number of carbonyl (C=O) groups excluding carboxylic acids is 4. The Morgan fingerprint density at radius 2 is 1.69 bits per heavy atom. The normalized spacial score (nSPS) is 18.4. The Bertz CT molecular complexity index is 1500. The van der Waals surface area contributed by atoms with E-state index < -0.39 is 41.8 Å². The van der Waals surface area contributed by atoms with E-state index in [1.54, 1.807) is 37.1 Å². The number of likely N-dealkylation sites (tertiary alicyclic amines) is 1. The van der Waals surface area contributed by atoms with Gasteiger partial charge in [-0.25, -0.2) is 4.98 Å².